The SMILES string of the molecule is COCc1ccc(Cl)cc1C1CCCCN1. The van der Waals surface area contributed by atoms with E-state index in [0.29, 0.717) is 12.6 Å². The minimum atomic E-state index is 0.442. The van der Waals surface area contributed by atoms with Crippen molar-refractivity contribution in [1.29, 1.82) is 0 Å². The molecule has 0 bridgehead atoms. The number of halogens is 1. The lowest BCUT2D eigenvalue weighted by atomic mass is 9.94. The van der Waals surface area contributed by atoms with E-state index in [1.54, 1.807) is 7.11 Å². The molecule has 1 heterocycles. The van der Waals surface area contributed by atoms with Gasteiger partial charge in [-0.3, -0.25) is 0 Å². The van der Waals surface area contributed by atoms with Crippen LogP contribution >= 0.6 is 11.6 Å². The Morgan fingerprint density at radius 1 is 1.44 bits per heavy atom. The van der Waals surface area contributed by atoms with Crippen molar-refractivity contribution in [3.05, 3.63) is 34.3 Å². The normalized spacial score (nSPS) is 21.0. The third kappa shape index (κ3) is 2.76. The molecule has 1 atom stereocenters. The molecule has 0 aromatic heterocycles. The van der Waals surface area contributed by atoms with Crippen LogP contribution in [0, 0.1) is 0 Å². The van der Waals surface area contributed by atoms with E-state index < -0.39 is 0 Å². The minimum absolute atomic E-state index is 0.442. The van der Waals surface area contributed by atoms with Gasteiger partial charge in [-0.25, -0.2) is 0 Å². The van der Waals surface area contributed by atoms with Crippen LogP contribution in [-0.2, 0) is 11.3 Å². The Bertz CT molecular complexity index is 348. The zero-order valence-corrected chi connectivity index (χ0v) is 10.4. The molecular formula is C13H18ClNO. The summed E-state index contributed by atoms with van der Waals surface area (Å²) in [6, 6.07) is 6.51. The second kappa shape index (κ2) is 5.67. The van der Waals surface area contributed by atoms with Crippen LogP contribution in [0.2, 0.25) is 5.02 Å². The van der Waals surface area contributed by atoms with Crippen molar-refractivity contribution in [2.75, 3.05) is 13.7 Å². The Balaban J connectivity index is 2.24. The molecule has 0 amide bonds. The van der Waals surface area contributed by atoms with Crippen molar-refractivity contribution in [3.63, 3.8) is 0 Å². The number of piperidine rings is 1. The van der Waals surface area contributed by atoms with Crippen LogP contribution in [0.5, 0.6) is 0 Å². The second-order valence-corrected chi connectivity index (χ2v) is 4.72. The third-order valence-electron chi connectivity index (χ3n) is 3.09. The average Bonchev–Trinajstić information content (AvgIpc) is 2.33. The monoisotopic (exact) mass is 239 g/mol. The van der Waals surface area contributed by atoms with Crippen molar-refractivity contribution in [2.45, 2.75) is 31.9 Å². The molecule has 0 radical (unpaired) electrons. The third-order valence-corrected chi connectivity index (χ3v) is 3.33. The summed E-state index contributed by atoms with van der Waals surface area (Å²) < 4.78 is 5.23. The van der Waals surface area contributed by atoms with Gasteiger partial charge in [0.25, 0.3) is 0 Å². The van der Waals surface area contributed by atoms with Gasteiger partial charge in [0.05, 0.1) is 6.61 Å². The molecule has 0 aliphatic carbocycles. The molecule has 1 aromatic carbocycles. The molecule has 1 aliphatic rings. The average molecular weight is 240 g/mol. The van der Waals surface area contributed by atoms with Crippen LogP contribution in [0.25, 0.3) is 0 Å². The van der Waals surface area contributed by atoms with E-state index in [0.717, 1.165) is 11.6 Å². The summed E-state index contributed by atoms with van der Waals surface area (Å²) in [6.07, 6.45) is 3.75. The fourth-order valence-corrected chi connectivity index (χ4v) is 2.47. The Morgan fingerprint density at radius 3 is 3.00 bits per heavy atom. The van der Waals surface area contributed by atoms with Gasteiger partial charge in [-0.15, -0.1) is 0 Å². The molecule has 1 fully saturated rings. The Morgan fingerprint density at radius 2 is 2.31 bits per heavy atom. The van der Waals surface area contributed by atoms with Crippen molar-refractivity contribution in [1.82, 2.24) is 5.32 Å². The first kappa shape index (κ1) is 11.9. The van der Waals surface area contributed by atoms with E-state index in [9.17, 15) is 0 Å². The highest BCUT2D eigenvalue weighted by Gasteiger charge is 2.17. The first-order chi connectivity index (χ1) is 7.81. The van der Waals surface area contributed by atoms with Crippen LogP contribution in [0.3, 0.4) is 0 Å². The highest BCUT2D eigenvalue weighted by atomic mass is 35.5. The van der Waals surface area contributed by atoms with E-state index in [1.807, 2.05) is 6.07 Å². The number of nitrogens with one attached hydrogen (secondary N) is 1. The van der Waals surface area contributed by atoms with Crippen molar-refractivity contribution in [3.8, 4) is 0 Å². The molecule has 2 rings (SSSR count). The summed E-state index contributed by atoms with van der Waals surface area (Å²) in [4.78, 5) is 0. The molecule has 88 valence electrons. The van der Waals surface area contributed by atoms with Crippen LogP contribution in [0.4, 0.5) is 0 Å². The van der Waals surface area contributed by atoms with Crippen LogP contribution < -0.4 is 5.32 Å². The lowest BCUT2D eigenvalue weighted by Crippen LogP contribution is -2.27. The molecule has 1 N–H and O–H groups in total. The molecule has 1 saturated heterocycles. The van der Waals surface area contributed by atoms with E-state index in [4.69, 9.17) is 16.3 Å². The largest absolute Gasteiger partial charge is 0.380 e. The van der Waals surface area contributed by atoms with Gasteiger partial charge in [0, 0.05) is 18.2 Å². The number of rotatable bonds is 3. The molecule has 16 heavy (non-hydrogen) atoms. The quantitative estimate of drug-likeness (QED) is 0.874. The van der Waals surface area contributed by atoms with Gasteiger partial charge >= 0.3 is 0 Å². The van der Waals surface area contributed by atoms with Gasteiger partial charge in [-0.1, -0.05) is 24.1 Å². The molecule has 3 heteroatoms. The summed E-state index contributed by atoms with van der Waals surface area (Å²) in [5, 5.41) is 4.35. The van der Waals surface area contributed by atoms with Gasteiger partial charge < -0.3 is 10.1 Å². The number of hydrogen-bond donors (Lipinski definition) is 1. The highest BCUT2D eigenvalue weighted by molar-refractivity contribution is 6.30. The maximum Gasteiger partial charge on any atom is 0.0716 e. The van der Waals surface area contributed by atoms with E-state index >= 15 is 0 Å². The minimum Gasteiger partial charge on any atom is -0.380 e. The van der Waals surface area contributed by atoms with Crippen molar-refractivity contribution in [2.24, 2.45) is 0 Å². The maximum atomic E-state index is 6.07. The summed E-state index contributed by atoms with van der Waals surface area (Å²) >= 11 is 6.07. The van der Waals surface area contributed by atoms with Crippen LogP contribution in [-0.4, -0.2) is 13.7 Å². The number of hydrogen-bond acceptors (Lipinski definition) is 2. The number of methoxy groups -OCH3 is 1. The Kier molecular flexibility index (Phi) is 4.22. The first-order valence-electron chi connectivity index (χ1n) is 5.82. The van der Waals surface area contributed by atoms with Crippen LogP contribution in [0.1, 0.15) is 36.4 Å². The smallest absolute Gasteiger partial charge is 0.0716 e. The number of ether oxygens (including phenoxy) is 1. The summed E-state index contributed by atoms with van der Waals surface area (Å²) in [7, 11) is 1.73. The Labute approximate surface area is 102 Å². The maximum absolute atomic E-state index is 6.07. The predicted octanol–water partition coefficient (Wildman–Crippen LogP) is 3.30. The van der Waals surface area contributed by atoms with Gasteiger partial charge in [0.2, 0.25) is 0 Å². The lowest BCUT2D eigenvalue weighted by Gasteiger charge is -2.26. The summed E-state index contributed by atoms with van der Waals surface area (Å²) in [5.41, 5.74) is 2.54. The first-order valence-corrected chi connectivity index (χ1v) is 6.19. The zero-order valence-electron chi connectivity index (χ0n) is 9.63. The molecule has 1 aromatic rings. The summed E-state index contributed by atoms with van der Waals surface area (Å²) in [5.74, 6) is 0. The molecule has 2 nitrogen and oxygen atoms in total. The molecule has 0 saturated carbocycles. The standard InChI is InChI=1S/C13H18ClNO/c1-16-9-10-5-6-11(14)8-12(10)13-4-2-3-7-15-13/h5-6,8,13,15H,2-4,7,9H2,1H3. The lowest BCUT2D eigenvalue weighted by molar-refractivity contribution is 0.183. The van der Waals surface area contributed by atoms with Gasteiger partial charge in [0.15, 0.2) is 0 Å². The Hall–Kier alpha value is -0.570. The molecule has 1 unspecified atom stereocenters. The van der Waals surface area contributed by atoms with Crippen molar-refractivity contribution < 1.29 is 4.74 Å². The topological polar surface area (TPSA) is 21.3 Å². The second-order valence-electron chi connectivity index (χ2n) is 4.28. The van der Waals surface area contributed by atoms with Gasteiger partial charge in [-0.2, -0.15) is 0 Å². The summed E-state index contributed by atoms with van der Waals surface area (Å²) in [6.45, 7) is 1.76. The molecule has 1 aliphatic heterocycles. The van der Waals surface area contributed by atoms with Crippen molar-refractivity contribution >= 4 is 11.6 Å². The molecule has 0 spiro atoms. The van der Waals surface area contributed by atoms with E-state index in [1.165, 1.54) is 30.4 Å². The van der Waals surface area contributed by atoms with Gasteiger partial charge in [0.1, 0.15) is 0 Å². The highest BCUT2D eigenvalue weighted by Crippen LogP contribution is 2.28. The zero-order chi connectivity index (χ0) is 11.4. The number of benzene rings is 1. The fourth-order valence-electron chi connectivity index (χ4n) is 2.29. The molecular weight excluding hydrogens is 222 g/mol. The van der Waals surface area contributed by atoms with Crippen LogP contribution in [0.15, 0.2) is 18.2 Å². The predicted molar refractivity (Wildman–Crippen MR) is 66.8 cm³/mol. The van der Waals surface area contributed by atoms with Gasteiger partial charge in [-0.05, 0) is 42.6 Å². The van der Waals surface area contributed by atoms with E-state index in [-0.39, 0.29) is 0 Å². The fraction of sp³-hybridized carbons (Fsp3) is 0.538. The van der Waals surface area contributed by atoms with E-state index in [2.05, 4.69) is 17.4 Å².